The van der Waals surface area contributed by atoms with Crippen molar-refractivity contribution >= 4 is 0 Å². The zero-order valence-electron chi connectivity index (χ0n) is 12.1. The van der Waals surface area contributed by atoms with E-state index in [1.165, 1.54) is 10.9 Å². The average Bonchev–Trinajstić information content (AvgIpc) is 2.85. The number of rotatable bonds is 3. The number of alkyl halides is 3. The Morgan fingerprint density at radius 1 is 1.19 bits per heavy atom. The van der Waals surface area contributed by atoms with E-state index in [4.69, 9.17) is 0 Å². The smallest absolute Gasteiger partial charge is 0.308 e. The molecule has 0 aliphatic heterocycles. The van der Waals surface area contributed by atoms with Crippen LogP contribution in [0.1, 0.15) is 31.9 Å². The van der Waals surface area contributed by atoms with E-state index >= 15 is 0 Å². The topological polar surface area (TPSA) is 42.7 Å². The van der Waals surface area contributed by atoms with Crippen LogP contribution in [0.5, 0.6) is 0 Å². The van der Waals surface area contributed by atoms with Gasteiger partial charge in [0.2, 0.25) is 0 Å². The maximum Gasteiger partial charge on any atom is 0.419 e. The Hall–Kier alpha value is -1.89. The van der Waals surface area contributed by atoms with Crippen molar-refractivity contribution in [3.8, 4) is 5.69 Å². The lowest BCUT2D eigenvalue weighted by Gasteiger charge is -2.21. The zero-order chi connectivity index (χ0) is 15.7. The van der Waals surface area contributed by atoms with Gasteiger partial charge in [-0.2, -0.15) is 18.3 Å². The summed E-state index contributed by atoms with van der Waals surface area (Å²) in [6.45, 7) is 6.53. The summed E-state index contributed by atoms with van der Waals surface area (Å²) in [6.07, 6.45) is 0.570. The second-order valence-corrected chi connectivity index (χ2v) is 5.78. The van der Waals surface area contributed by atoms with Crippen LogP contribution in [0.4, 0.5) is 13.2 Å². The third kappa shape index (κ3) is 4.04. The van der Waals surface area contributed by atoms with Crippen LogP contribution in [-0.2, 0) is 12.7 Å². The lowest BCUT2D eigenvalue weighted by molar-refractivity contribution is -0.137. The Bertz CT molecular complexity index is 611. The molecule has 21 heavy (non-hydrogen) atoms. The molecule has 2 aromatic heterocycles. The maximum atomic E-state index is 12.6. The maximum absolute atomic E-state index is 12.6. The molecule has 0 fully saturated rings. The highest BCUT2D eigenvalue weighted by Crippen LogP contribution is 2.29. The lowest BCUT2D eigenvalue weighted by atomic mass is 10.1. The first-order valence-corrected chi connectivity index (χ1v) is 6.47. The summed E-state index contributed by atoms with van der Waals surface area (Å²) in [5, 5.41) is 7.08. The van der Waals surface area contributed by atoms with E-state index in [9.17, 15) is 13.2 Å². The van der Waals surface area contributed by atoms with Crippen LogP contribution in [0.15, 0.2) is 30.9 Å². The van der Waals surface area contributed by atoms with Gasteiger partial charge in [0.15, 0.2) is 0 Å². The molecule has 0 amide bonds. The summed E-state index contributed by atoms with van der Waals surface area (Å²) < 4.78 is 39.2. The molecular weight excluding hydrogens is 281 g/mol. The fraction of sp³-hybridized carbons (Fsp3) is 0.429. The van der Waals surface area contributed by atoms with Gasteiger partial charge in [-0.25, -0.2) is 4.68 Å². The molecule has 0 saturated carbocycles. The number of hydrogen-bond acceptors (Lipinski definition) is 3. The van der Waals surface area contributed by atoms with Gasteiger partial charge in [0.1, 0.15) is 0 Å². The van der Waals surface area contributed by atoms with Crippen LogP contribution >= 0.6 is 0 Å². The van der Waals surface area contributed by atoms with Crippen molar-refractivity contribution in [2.45, 2.75) is 39.0 Å². The van der Waals surface area contributed by atoms with Crippen LogP contribution in [0.3, 0.4) is 0 Å². The Morgan fingerprint density at radius 2 is 1.90 bits per heavy atom. The first-order chi connectivity index (χ1) is 9.67. The predicted octanol–water partition coefficient (Wildman–Crippen LogP) is 3.17. The quantitative estimate of drug-likeness (QED) is 0.946. The van der Waals surface area contributed by atoms with E-state index in [1.54, 1.807) is 12.3 Å². The highest BCUT2D eigenvalue weighted by molar-refractivity contribution is 5.38. The Balaban J connectivity index is 2.30. The molecule has 0 spiro atoms. The molecule has 0 aromatic carbocycles. The molecule has 0 unspecified atom stereocenters. The van der Waals surface area contributed by atoms with E-state index in [-0.39, 0.29) is 5.54 Å². The van der Waals surface area contributed by atoms with Gasteiger partial charge in [-0.15, -0.1) is 0 Å². The minimum atomic E-state index is -4.39. The second-order valence-electron chi connectivity index (χ2n) is 5.78. The molecular formula is C14H17F3N4. The zero-order valence-corrected chi connectivity index (χ0v) is 12.1. The third-order valence-electron chi connectivity index (χ3n) is 2.84. The first kappa shape index (κ1) is 15.5. The summed E-state index contributed by atoms with van der Waals surface area (Å²) in [5.74, 6) is 0. The molecule has 1 N–H and O–H groups in total. The lowest BCUT2D eigenvalue weighted by Crippen LogP contribution is -2.35. The molecule has 0 atom stereocenters. The Labute approximate surface area is 121 Å². The van der Waals surface area contributed by atoms with Crippen LogP contribution in [0.25, 0.3) is 5.69 Å². The summed E-state index contributed by atoms with van der Waals surface area (Å²) in [7, 11) is 0. The van der Waals surface area contributed by atoms with E-state index in [0.717, 1.165) is 18.0 Å². The molecule has 0 radical (unpaired) electrons. The second kappa shape index (κ2) is 5.48. The largest absolute Gasteiger partial charge is 0.419 e. The molecule has 0 aliphatic rings. The summed E-state index contributed by atoms with van der Waals surface area (Å²) in [6, 6.07) is 1.65. The molecule has 0 bridgehead atoms. The molecule has 0 aliphatic carbocycles. The Morgan fingerprint density at radius 3 is 2.48 bits per heavy atom. The van der Waals surface area contributed by atoms with Crippen LogP contribution in [0, 0.1) is 0 Å². The van der Waals surface area contributed by atoms with Gasteiger partial charge in [0, 0.05) is 36.2 Å². The van der Waals surface area contributed by atoms with Gasteiger partial charge >= 0.3 is 6.18 Å². The fourth-order valence-corrected chi connectivity index (χ4v) is 1.74. The molecule has 114 valence electrons. The number of pyridine rings is 1. The monoisotopic (exact) mass is 298 g/mol. The van der Waals surface area contributed by atoms with Crippen molar-refractivity contribution in [3.63, 3.8) is 0 Å². The van der Waals surface area contributed by atoms with Gasteiger partial charge in [0.25, 0.3) is 0 Å². The molecule has 2 rings (SSSR count). The van der Waals surface area contributed by atoms with Crippen molar-refractivity contribution in [2.24, 2.45) is 0 Å². The normalized spacial score (nSPS) is 12.7. The van der Waals surface area contributed by atoms with Crippen molar-refractivity contribution in [1.82, 2.24) is 20.1 Å². The fourth-order valence-electron chi connectivity index (χ4n) is 1.74. The third-order valence-corrected chi connectivity index (χ3v) is 2.84. The van der Waals surface area contributed by atoms with Gasteiger partial charge in [-0.05, 0) is 26.8 Å². The van der Waals surface area contributed by atoms with Gasteiger partial charge in [-0.3, -0.25) is 4.98 Å². The SMILES string of the molecule is CC(C)(C)NCc1cnccc1-n1cc(C(F)(F)F)cn1. The number of aromatic nitrogens is 3. The van der Waals surface area contributed by atoms with E-state index in [0.29, 0.717) is 12.2 Å². The van der Waals surface area contributed by atoms with Crippen molar-refractivity contribution in [1.29, 1.82) is 0 Å². The number of nitrogens with one attached hydrogen (secondary N) is 1. The highest BCUT2D eigenvalue weighted by atomic mass is 19.4. The van der Waals surface area contributed by atoms with Crippen LogP contribution in [-0.4, -0.2) is 20.3 Å². The van der Waals surface area contributed by atoms with Gasteiger partial charge < -0.3 is 5.32 Å². The van der Waals surface area contributed by atoms with E-state index in [1.807, 2.05) is 20.8 Å². The molecule has 7 heteroatoms. The standard InChI is InChI=1S/C14H17F3N4/c1-13(2,3)19-7-10-6-18-5-4-12(10)21-9-11(8-20-21)14(15,16)17/h4-6,8-9,19H,7H2,1-3H3. The van der Waals surface area contributed by atoms with E-state index in [2.05, 4.69) is 15.4 Å². The molecule has 4 nitrogen and oxygen atoms in total. The van der Waals surface area contributed by atoms with Gasteiger partial charge in [0.05, 0.1) is 17.4 Å². The first-order valence-electron chi connectivity index (χ1n) is 6.47. The van der Waals surface area contributed by atoms with Crippen LogP contribution in [0.2, 0.25) is 0 Å². The number of halogens is 3. The van der Waals surface area contributed by atoms with Crippen LogP contribution < -0.4 is 5.32 Å². The summed E-state index contributed by atoms with van der Waals surface area (Å²) >= 11 is 0. The van der Waals surface area contributed by atoms with Crippen molar-refractivity contribution in [2.75, 3.05) is 0 Å². The molecule has 2 heterocycles. The van der Waals surface area contributed by atoms with Crippen molar-refractivity contribution < 1.29 is 13.2 Å². The van der Waals surface area contributed by atoms with Crippen molar-refractivity contribution in [3.05, 3.63) is 42.0 Å². The summed E-state index contributed by atoms with van der Waals surface area (Å²) in [4.78, 5) is 4.02. The van der Waals surface area contributed by atoms with Gasteiger partial charge in [-0.1, -0.05) is 0 Å². The molecule has 0 saturated heterocycles. The molecule has 2 aromatic rings. The van der Waals surface area contributed by atoms with E-state index < -0.39 is 11.7 Å². The predicted molar refractivity (Wildman–Crippen MR) is 73.0 cm³/mol. The minimum Gasteiger partial charge on any atom is -0.308 e. The number of hydrogen-bond donors (Lipinski definition) is 1. The number of nitrogens with zero attached hydrogens (tertiary/aromatic N) is 3. The average molecular weight is 298 g/mol. The summed E-state index contributed by atoms with van der Waals surface area (Å²) in [5.41, 5.74) is 0.490. The minimum absolute atomic E-state index is 0.103. The Kier molecular flexibility index (Phi) is 4.04. The highest BCUT2D eigenvalue weighted by Gasteiger charge is 2.32.